The summed E-state index contributed by atoms with van der Waals surface area (Å²) in [5, 5.41) is 13.8. The van der Waals surface area contributed by atoms with Crippen LogP contribution < -0.4 is 5.69 Å². The fourth-order valence-electron chi connectivity index (χ4n) is 3.21. The van der Waals surface area contributed by atoms with Crippen molar-refractivity contribution < 1.29 is 9.90 Å². The van der Waals surface area contributed by atoms with Crippen LogP contribution in [0, 0.1) is 11.8 Å². The van der Waals surface area contributed by atoms with Gasteiger partial charge in [0, 0.05) is 6.42 Å². The highest BCUT2D eigenvalue weighted by molar-refractivity contribution is 5.95. The quantitative estimate of drug-likeness (QED) is 0.462. The van der Waals surface area contributed by atoms with Crippen molar-refractivity contribution in [1.82, 2.24) is 14.3 Å². The number of aryl methyl sites for hydroxylation is 1. The number of aromatic carboxylic acids is 1. The zero-order valence-electron chi connectivity index (χ0n) is 16.8. The molecule has 0 saturated carbocycles. The summed E-state index contributed by atoms with van der Waals surface area (Å²) in [6.07, 6.45) is 3.14. The summed E-state index contributed by atoms with van der Waals surface area (Å²) in [5.41, 5.74) is 2.45. The Morgan fingerprint density at radius 1 is 1.20 bits per heavy atom. The molecule has 0 saturated heterocycles. The van der Waals surface area contributed by atoms with E-state index >= 15 is 0 Å². The Hall–Kier alpha value is -3.85. The average Bonchev–Trinajstić information content (AvgIpc) is 3.05. The molecule has 0 spiro atoms. The third-order valence-corrected chi connectivity index (χ3v) is 4.74. The van der Waals surface area contributed by atoms with E-state index in [4.69, 9.17) is 0 Å². The minimum absolute atomic E-state index is 0.197. The molecule has 0 unspecified atom stereocenters. The molecule has 0 radical (unpaired) electrons. The maximum Gasteiger partial charge on any atom is 0.347 e. The van der Waals surface area contributed by atoms with E-state index in [2.05, 4.69) is 23.5 Å². The fraction of sp³-hybridized carbons (Fsp3) is 0.208. The number of hydrogen-bond donors (Lipinski definition) is 1. The van der Waals surface area contributed by atoms with Gasteiger partial charge in [0.1, 0.15) is 12.4 Å². The first-order valence-corrected chi connectivity index (χ1v) is 9.63. The first-order chi connectivity index (χ1) is 14.5. The summed E-state index contributed by atoms with van der Waals surface area (Å²) >= 11 is 0. The number of nitrogens with zero attached hydrogens (tertiary/aromatic N) is 3. The van der Waals surface area contributed by atoms with Crippen LogP contribution in [0.15, 0.2) is 66.0 Å². The Kier molecular flexibility index (Phi) is 6.66. The second-order valence-corrected chi connectivity index (χ2v) is 6.74. The van der Waals surface area contributed by atoms with Gasteiger partial charge in [0.05, 0.1) is 12.1 Å². The first kappa shape index (κ1) is 20.9. The van der Waals surface area contributed by atoms with E-state index in [1.54, 1.807) is 35.8 Å². The zero-order chi connectivity index (χ0) is 21.5. The van der Waals surface area contributed by atoms with Gasteiger partial charge in [-0.3, -0.25) is 4.57 Å². The summed E-state index contributed by atoms with van der Waals surface area (Å²) in [5.74, 6) is 5.39. The number of allylic oxidation sites excluding steroid dienone is 1. The van der Waals surface area contributed by atoms with Crippen molar-refractivity contribution >= 4 is 5.97 Å². The third kappa shape index (κ3) is 4.58. The molecule has 30 heavy (non-hydrogen) atoms. The van der Waals surface area contributed by atoms with E-state index in [-0.39, 0.29) is 17.8 Å². The van der Waals surface area contributed by atoms with Gasteiger partial charge in [-0.25, -0.2) is 14.3 Å². The van der Waals surface area contributed by atoms with E-state index in [0.717, 1.165) is 17.5 Å². The maximum atomic E-state index is 12.8. The van der Waals surface area contributed by atoms with E-state index in [0.29, 0.717) is 24.4 Å². The lowest BCUT2D eigenvalue weighted by Gasteiger charge is -2.09. The van der Waals surface area contributed by atoms with Crippen LogP contribution in [0.3, 0.4) is 0 Å². The summed E-state index contributed by atoms with van der Waals surface area (Å²) in [4.78, 5) is 24.3. The topological polar surface area (TPSA) is 77.1 Å². The second kappa shape index (κ2) is 9.57. The van der Waals surface area contributed by atoms with Crippen LogP contribution in [0.1, 0.15) is 35.1 Å². The average molecular weight is 401 g/mol. The molecule has 1 aromatic heterocycles. The van der Waals surface area contributed by atoms with Gasteiger partial charge in [-0.15, -0.1) is 12.5 Å². The maximum absolute atomic E-state index is 12.8. The number of benzene rings is 2. The number of rotatable bonds is 8. The lowest BCUT2D eigenvalue weighted by Crippen LogP contribution is -2.25. The highest BCUT2D eigenvalue weighted by atomic mass is 16.4. The van der Waals surface area contributed by atoms with E-state index in [9.17, 15) is 14.7 Å². The predicted molar refractivity (Wildman–Crippen MR) is 116 cm³/mol. The summed E-state index contributed by atoms with van der Waals surface area (Å²) < 4.78 is 3.04. The van der Waals surface area contributed by atoms with Gasteiger partial charge in [0.15, 0.2) is 0 Å². The lowest BCUT2D eigenvalue weighted by atomic mass is 9.99. The Bertz CT molecular complexity index is 1170. The van der Waals surface area contributed by atoms with E-state index in [1.807, 2.05) is 30.3 Å². The molecule has 152 valence electrons. The summed E-state index contributed by atoms with van der Waals surface area (Å²) in [6, 6.07) is 14.5. The standard InChI is InChI=1S/C24H23N3O3/c1-3-5-11-22-25-27(16-6-4-2)24(30)26(22)17-18-12-14-19(15-13-18)20-9-7-8-10-21(20)23(28)29/h3,7-10,12-15H,1,5,11,16-17H2,2H3,(H,28,29). The Morgan fingerprint density at radius 2 is 1.93 bits per heavy atom. The smallest absolute Gasteiger partial charge is 0.347 e. The SMILES string of the molecule is C=CCCc1nn(CC#CC)c(=O)n1Cc1ccc(-c2ccccc2C(=O)O)cc1. The number of carboxylic acid groups (broad SMARTS) is 1. The molecule has 3 aromatic rings. The van der Waals surface area contributed by atoms with Gasteiger partial charge in [-0.1, -0.05) is 54.5 Å². The van der Waals surface area contributed by atoms with Crippen LogP contribution in [0.2, 0.25) is 0 Å². The van der Waals surface area contributed by atoms with Gasteiger partial charge in [-0.2, -0.15) is 5.10 Å². The minimum Gasteiger partial charge on any atom is -0.478 e. The molecule has 0 aliphatic rings. The molecule has 2 aromatic carbocycles. The molecule has 0 atom stereocenters. The molecule has 0 aliphatic heterocycles. The number of hydrogen-bond acceptors (Lipinski definition) is 3. The second-order valence-electron chi connectivity index (χ2n) is 6.74. The van der Waals surface area contributed by atoms with Gasteiger partial charge < -0.3 is 5.11 Å². The Labute approximate surface area is 175 Å². The Balaban J connectivity index is 1.91. The molecule has 1 N–H and O–H groups in total. The highest BCUT2D eigenvalue weighted by Crippen LogP contribution is 2.24. The molecule has 0 bridgehead atoms. The van der Waals surface area contributed by atoms with Gasteiger partial charge in [-0.05, 0) is 36.1 Å². The predicted octanol–water partition coefficient (Wildman–Crippen LogP) is 3.60. The molecule has 1 heterocycles. The zero-order valence-corrected chi connectivity index (χ0v) is 16.8. The van der Waals surface area contributed by atoms with Crippen molar-refractivity contribution in [3.63, 3.8) is 0 Å². The van der Waals surface area contributed by atoms with Crippen molar-refractivity contribution in [2.45, 2.75) is 32.9 Å². The molecule has 0 amide bonds. The first-order valence-electron chi connectivity index (χ1n) is 9.63. The van der Waals surface area contributed by atoms with E-state index < -0.39 is 5.97 Å². The molecular formula is C24H23N3O3. The molecule has 6 nitrogen and oxygen atoms in total. The normalized spacial score (nSPS) is 10.3. The van der Waals surface area contributed by atoms with Crippen molar-refractivity contribution in [3.05, 3.63) is 88.6 Å². The van der Waals surface area contributed by atoms with Crippen molar-refractivity contribution in [3.8, 4) is 23.0 Å². The van der Waals surface area contributed by atoms with Crippen LogP contribution in [0.5, 0.6) is 0 Å². The monoisotopic (exact) mass is 401 g/mol. The van der Waals surface area contributed by atoms with Crippen LogP contribution in [0.25, 0.3) is 11.1 Å². The fourth-order valence-corrected chi connectivity index (χ4v) is 3.21. The van der Waals surface area contributed by atoms with Crippen molar-refractivity contribution in [1.29, 1.82) is 0 Å². The Morgan fingerprint density at radius 3 is 2.60 bits per heavy atom. The molecular weight excluding hydrogens is 378 g/mol. The summed E-state index contributed by atoms with van der Waals surface area (Å²) in [6.45, 7) is 6.11. The van der Waals surface area contributed by atoms with Crippen LogP contribution >= 0.6 is 0 Å². The van der Waals surface area contributed by atoms with Gasteiger partial charge in [0.25, 0.3) is 0 Å². The molecule has 6 heteroatoms. The lowest BCUT2D eigenvalue weighted by molar-refractivity contribution is 0.0697. The van der Waals surface area contributed by atoms with Crippen LogP contribution in [-0.2, 0) is 19.5 Å². The largest absolute Gasteiger partial charge is 0.478 e. The number of aromatic nitrogens is 3. The number of carbonyl (C=O) groups is 1. The summed E-state index contributed by atoms with van der Waals surface area (Å²) in [7, 11) is 0. The molecule has 0 fully saturated rings. The van der Waals surface area contributed by atoms with Crippen LogP contribution in [0.4, 0.5) is 0 Å². The van der Waals surface area contributed by atoms with Crippen LogP contribution in [-0.4, -0.2) is 25.4 Å². The van der Waals surface area contributed by atoms with Gasteiger partial charge >= 0.3 is 11.7 Å². The number of carboxylic acids is 1. The van der Waals surface area contributed by atoms with Gasteiger partial charge in [0.2, 0.25) is 0 Å². The molecule has 0 aliphatic carbocycles. The van der Waals surface area contributed by atoms with Crippen molar-refractivity contribution in [2.24, 2.45) is 0 Å². The van der Waals surface area contributed by atoms with Crippen molar-refractivity contribution in [2.75, 3.05) is 0 Å². The van der Waals surface area contributed by atoms with E-state index in [1.165, 1.54) is 4.68 Å². The minimum atomic E-state index is -0.962. The molecule has 3 rings (SSSR count). The third-order valence-electron chi connectivity index (χ3n) is 4.74. The highest BCUT2D eigenvalue weighted by Gasteiger charge is 2.14.